The third kappa shape index (κ3) is 5.03. The smallest absolute Gasteiger partial charge is 0.138 e. The van der Waals surface area contributed by atoms with Crippen LogP contribution in [0.5, 0.6) is 0 Å². The third-order valence-electron chi connectivity index (χ3n) is 13.9. The average molecular weight is 820 g/mol. The van der Waals surface area contributed by atoms with Gasteiger partial charge in [0.15, 0.2) is 0 Å². The summed E-state index contributed by atoms with van der Waals surface area (Å²) in [5, 5.41) is 8.76. The van der Waals surface area contributed by atoms with Gasteiger partial charge in [-0.25, -0.2) is 4.98 Å². The van der Waals surface area contributed by atoms with Gasteiger partial charge in [0.05, 0.1) is 44.3 Å². The Morgan fingerprint density at radius 3 is 1.73 bits per heavy atom. The number of para-hydroxylation sites is 4. The lowest BCUT2D eigenvalue weighted by molar-refractivity contribution is 0.889. The number of rotatable bonds is 5. The van der Waals surface area contributed by atoms with E-state index in [2.05, 4.69) is 219 Å². The molecule has 2 aliphatic rings. The van der Waals surface area contributed by atoms with Gasteiger partial charge >= 0.3 is 0 Å². The Bertz CT molecular complexity index is 4010. The van der Waals surface area contributed by atoms with Crippen molar-refractivity contribution in [3.63, 3.8) is 0 Å². The molecule has 14 rings (SSSR count). The summed E-state index contributed by atoms with van der Waals surface area (Å²) in [5.41, 5.74) is 16.8. The van der Waals surface area contributed by atoms with Gasteiger partial charge in [0, 0.05) is 66.0 Å². The summed E-state index contributed by atoms with van der Waals surface area (Å²) in [5.74, 6) is 0.937. The Kier molecular flexibility index (Phi) is 7.57. The van der Waals surface area contributed by atoms with Crippen LogP contribution in [0.3, 0.4) is 0 Å². The molecular formula is C59H41N5. The van der Waals surface area contributed by atoms with Gasteiger partial charge in [-0.1, -0.05) is 115 Å². The zero-order valence-electron chi connectivity index (χ0n) is 35.1. The molecule has 0 atom stereocenters. The Balaban J connectivity index is 0.998. The summed E-state index contributed by atoms with van der Waals surface area (Å²) in [6, 6.07) is 62.6. The van der Waals surface area contributed by atoms with Crippen molar-refractivity contribution >= 4 is 88.0 Å². The van der Waals surface area contributed by atoms with Gasteiger partial charge in [0.2, 0.25) is 0 Å². The predicted octanol–water partition coefficient (Wildman–Crippen LogP) is 15.0. The first-order valence-electron chi connectivity index (χ1n) is 22.5. The molecule has 7 aromatic carbocycles. The van der Waals surface area contributed by atoms with E-state index < -0.39 is 0 Å². The van der Waals surface area contributed by atoms with Gasteiger partial charge in [-0.15, -0.1) is 0 Å². The number of hydrogen-bond acceptors (Lipinski definition) is 1. The average Bonchev–Trinajstić information content (AvgIpc) is 4.08. The van der Waals surface area contributed by atoms with Crippen molar-refractivity contribution < 1.29 is 0 Å². The minimum Gasteiger partial charge on any atom is -0.313 e. The maximum Gasteiger partial charge on any atom is 0.138 e. The zero-order chi connectivity index (χ0) is 41.9. The molecule has 0 unspecified atom stereocenters. The van der Waals surface area contributed by atoms with Gasteiger partial charge in [-0.05, 0) is 116 Å². The lowest BCUT2D eigenvalue weighted by Crippen LogP contribution is -2.02. The fraction of sp³-hybridized carbons (Fsp3) is 0.0678. The Morgan fingerprint density at radius 2 is 0.984 bits per heavy atom. The first-order chi connectivity index (χ1) is 31.8. The summed E-state index contributed by atoms with van der Waals surface area (Å²) < 4.78 is 9.80. The summed E-state index contributed by atoms with van der Waals surface area (Å²) in [6.07, 6.45) is 15.4. The second-order valence-corrected chi connectivity index (χ2v) is 17.3. The fourth-order valence-electron chi connectivity index (χ4n) is 11.2. The molecule has 0 spiro atoms. The number of benzene rings is 7. The highest BCUT2D eigenvalue weighted by Gasteiger charge is 2.24. The van der Waals surface area contributed by atoms with Crippen molar-refractivity contribution in [2.75, 3.05) is 0 Å². The van der Waals surface area contributed by atoms with E-state index in [-0.39, 0.29) is 0 Å². The van der Waals surface area contributed by atoms with Crippen molar-refractivity contribution in [3.05, 3.63) is 211 Å². The van der Waals surface area contributed by atoms with E-state index in [0.29, 0.717) is 0 Å². The molecule has 0 saturated heterocycles. The van der Waals surface area contributed by atoms with Gasteiger partial charge in [0.1, 0.15) is 5.82 Å². The standard InChI is InChI=1S/C59H41N5/c1-3-17-38(18-4-1)48-27-16-32-57(60-48)64-52-31-14-10-26-45(52)59-54(64)34-33-53-58(59)44-25-9-13-30-51(44)62(53)40-21-15-22-41(35-40)63-50-29-12-8-24-43(50)47-36-55-46(37-56(47)63)42-23-7-11-28-49(42)61(55)39-19-5-2-6-20-39/h1-3,5-10,12-17,19-27,29-37H,4,11,18,28H2. The molecule has 5 heteroatoms. The lowest BCUT2D eigenvalue weighted by atomic mass is 10.0. The number of fused-ring (bicyclic) bond motifs is 13. The Hall–Kier alpha value is -8.15. The molecule has 0 saturated carbocycles. The van der Waals surface area contributed by atoms with Crippen LogP contribution in [0, 0.1) is 0 Å². The molecule has 0 radical (unpaired) electrons. The molecule has 0 amide bonds. The van der Waals surface area contributed by atoms with Gasteiger partial charge < -0.3 is 13.7 Å². The van der Waals surface area contributed by atoms with Crippen molar-refractivity contribution in [2.45, 2.75) is 25.7 Å². The molecular weight excluding hydrogens is 779 g/mol. The van der Waals surface area contributed by atoms with Crippen LogP contribution < -0.4 is 0 Å². The van der Waals surface area contributed by atoms with E-state index in [1.807, 2.05) is 0 Å². The first kappa shape index (κ1) is 35.4. The van der Waals surface area contributed by atoms with E-state index >= 15 is 0 Å². The largest absolute Gasteiger partial charge is 0.313 e. The third-order valence-corrected chi connectivity index (χ3v) is 13.9. The van der Waals surface area contributed by atoms with Crippen LogP contribution in [-0.4, -0.2) is 23.3 Å². The maximum atomic E-state index is 5.31. The van der Waals surface area contributed by atoms with Gasteiger partial charge in [-0.2, -0.15) is 0 Å². The number of allylic oxidation sites excluding steroid dienone is 5. The van der Waals surface area contributed by atoms with Crippen LogP contribution >= 0.6 is 0 Å². The second kappa shape index (κ2) is 13.7. The van der Waals surface area contributed by atoms with Crippen molar-refractivity contribution in [3.8, 4) is 22.9 Å². The van der Waals surface area contributed by atoms with Crippen LogP contribution in [0.15, 0.2) is 194 Å². The zero-order valence-corrected chi connectivity index (χ0v) is 35.1. The van der Waals surface area contributed by atoms with E-state index in [1.165, 1.54) is 87.8 Å². The topological polar surface area (TPSA) is 32.6 Å². The molecule has 2 aliphatic carbocycles. The fourth-order valence-corrected chi connectivity index (χ4v) is 11.2. The summed E-state index contributed by atoms with van der Waals surface area (Å²) >= 11 is 0. The molecule has 0 bridgehead atoms. The minimum atomic E-state index is 0.937. The van der Waals surface area contributed by atoms with E-state index in [9.17, 15) is 0 Å². The molecule has 12 aromatic rings. The molecule has 302 valence electrons. The highest BCUT2D eigenvalue weighted by molar-refractivity contribution is 6.29. The van der Waals surface area contributed by atoms with Crippen LogP contribution in [0.4, 0.5) is 0 Å². The van der Waals surface area contributed by atoms with E-state index in [0.717, 1.165) is 59.6 Å². The van der Waals surface area contributed by atoms with Crippen LogP contribution in [0.2, 0.25) is 0 Å². The quantitative estimate of drug-likeness (QED) is 0.170. The van der Waals surface area contributed by atoms with Gasteiger partial charge in [0.25, 0.3) is 0 Å². The Morgan fingerprint density at radius 1 is 0.391 bits per heavy atom. The lowest BCUT2D eigenvalue weighted by Gasteiger charge is -2.13. The molecule has 0 fully saturated rings. The van der Waals surface area contributed by atoms with Gasteiger partial charge in [-0.3, -0.25) is 4.57 Å². The summed E-state index contributed by atoms with van der Waals surface area (Å²) in [7, 11) is 0. The molecule has 5 aromatic heterocycles. The van der Waals surface area contributed by atoms with Crippen LogP contribution in [0.1, 0.15) is 36.2 Å². The molecule has 5 nitrogen and oxygen atoms in total. The first-order valence-corrected chi connectivity index (χ1v) is 22.5. The maximum absolute atomic E-state index is 5.31. The predicted molar refractivity (Wildman–Crippen MR) is 268 cm³/mol. The van der Waals surface area contributed by atoms with Crippen LogP contribution in [-0.2, 0) is 6.42 Å². The number of hydrogen-bond donors (Lipinski definition) is 0. The number of nitrogens with zero attached hydrogens (tertiary/aromatic N) is 5. The highest BCUT2D eigenvalue weighted by atomic mass is 15.1. The second-order valence-electron chi connectivity index (χ2n) is 17.3. The van der Waals surface area contributed by atoms with E-state index in [1.54, 1.807) is 0 Å². The highest BCUT2D eigenvalue weighted by Crippen LogP contribution is 2.44. The summed E-state index contributed by atoms with van der Waals surface area (Å²) in [4.78, 5) is 5.31. The van der Waals surface area contributed by atoms with Crippen molar-refractivity contribution in [1.82, 2.24) is 23.3 Å². The monoisotopic (exact) mass is 819 g/mol. The van der Waals surface area contributed by atoms with Crippen molar-refractivity contribution in [1.29, 1.82) is 0 Å². The molecule has 0 aliphatic heterocycles. The number of pyridine rings is 1. The SMILES string of the molecule is C1=CCCC(c2cccc(-n3c4ccccc4c4c5c6ccccc6n(-c6cccc(-n7c8ccccc8c8cc9c(cc87)c7c(n9-c8ccccc8)CCC=C7)c6)c5ccc43)n2)=C1. The van der Waals surface area contributed by atoms with Crippen LogP contribution in [0.25, 0.3) is 111 Å². The molecule has 64 heavy (non-hydrogen) atoms. The van der Waals surface area contributed by atoms with E-state index in [4.69, 9.17) is 4.98 Å². The molecule has 5 heterocycles. The minimum absolute atomic E-state index is 0.937. The molecule has 0 N–H and O–H groups in total. The normalized spacial score (nSPS) is 14.0. The Labute approximate surface area is 369 Å². The number of aromatic nitrogens is 5. The summed E-state index contributed by atoms with van der Waals surface area (Å²) in [6.45, 7) is 0. The van der Waals surface area contributed by atoms with Crippen molar-refractivity contribution in [2.24, 2.45) is 0 Å².